The third kappa shape index (κ3) is 5.04. The highest BCUT2D eigenvalue weighted by Crippen LogP contribution is 2.26. The summed E-state index contributed by atoms with van der Waals surface area (Å²) in [6.07, 6.45) is 1.59. The number of carbonyl (C=O) groups is 3. The summed E-state index contributed by atoms with van der Waals surface area (Å²) in [6, 6.07) is -1.61. The van der Waals surface area contributed by atoms with Gasteiger partial charge in [0.25, 0.3) is 0 Å². The van der Waals surface area contributed by atoms with Gasteiger partial charge >= 0.3 is 18.0 Å². The Morgan fingerprint density at radius 2 is 2.05 bits per heavy atom. The SMILES string of the molecule is COC(=O)CC[C@@H](NC(=O)N(CCO)C1CC1)C(=O)O. The van der Waals surface area contributed by atoms with E-state index in [0.717, 1.165) is 12.8 Å². The van der Waals surface area contributed by atoms with Crippen LogP contribution in [0.5, 0.6) is 0 Å². The summed E-state index contributed by atoms with van der Waals surface area (Å²) >= 11 is 0. The van der Waals surface area contributed by atoms with E-state index in [0.29, 0.717) is 0 Å². The smallest absolute Gasteiger partial charge is 0.326 e. The molecule has 0 aromatic heterocycles. The van der Waals surface area contributed by atoms with Crippen LogP contribution in [0, 0.1) is 0 Å². The highest BCUT2D eigenvalue weighted by Gasteiger charge is 2.33. The van der Waals surface area contributed by atoms with E-state index in [2.05, 4.69) is 10.1 Å². The number of nitrogens with one attached hydrogen (secondary N) is 1. The van der Waals surface area contributed by atoms with Crippen molar-refractivity contribution >= 4 is 18.0 Å². The molecule has 0 aromatic carbocycles. The molecule has 0 unspecified atom stereocenters. The van der Waals surface area contributed by atoms with Crippen LogP contribution in [0.1, 0.15) is 25.7 Å². The standard InChI is InChI=1S/C12H20N2O6/c1-20-10(16)5-4-9(11(17)18)13-12(19)14(6-7-15)8-2-3-8/h8-9,15H,2-7H2,1H3,(H,13,19)(H,17,18)/t9-/m1/s1. The highest BCUT2D eigenvalue weighted by atomic mass is 16.5. The van der Waals surface area contributed by atoms with Gasteiger partial charge < -0.3 is 25.2 Å². The van der Waals surface area contributed by atoms with Gasteiger partial charge in [-0.3, -0.25) is 4.79 Å². The minimum absolute atomic E-state index is 0.0363. The van der Waals surface area contributed by atoms with Crippen LogP contribution in [0.4, 0.5) is 4.79 Å². The average Bonchev–Trinajstić information content (AvgIpc) is 3.23. The summed E-state index contributed by atoms with van der Waals surface area (Å²) in [5.41, 5.74) is 0. The first-order chi connectivity index (χ1) is 9.49. The van der Waals surface area contributed by atoms with Crippen LogP contribution < -0.4 is 5.32 Å². The monoisotopic (exact) mass is 288 g/mol. The van der Waals surface area contributed by atoms with E-state index in [1.807, 2.05) is 0 Å². The summed E-state index contributed by atoms with van der Waals surface area (Å²) in [4.78, 5) is 35.5. The molecule has 114 valence electrons. The van der Waals surface area contributed by atoms with Gasteiger partial charge in [0.1, 0.15) is 6.04 Å². The predicted molar refractivity (Wildman–Crippen MR) is 68.0 cm³/mol. The van der Waals surface area contributed by atoms with Gasteiger partial charge in [0.05, 0.1) is 13.7 Å². The summed E-state index contributed by atoms with van der Waals surface area (Å²) in [7, 11) is 1.22. The van der Waals surface area contributed by atoms with Crippen molar-refractivity contribution in [3.05, 3.63) is 0 Å². The lowest BCUT2D eigenvalue weighted by Crippen LogP contribution is -2.49. The second-order valence-electron chi connectivity index (χ2n) is 4.60. The number of carboxylic acid groups (broad SMARTS) is 1. The molecule has 8 nitrogen and oxygen atoms in total. The van der Waals surface area contributed by atoms with Gasteiger partial charge in [-0.05, 0) is 19.3 Å². The van der Waals surface area contributed by atoms with Gasteiger partial charge in [0.2, 0.25) is 0 Å². The van der Waals surface area contributed by atoms with E-state index in [-0.39, 0.29) is 32.0 Å². The van der Waals surface area contributed by atoms with Crippen molar-refractivity contribution < 1.29 is 29.3 Å². The number of amides is 2. The van der Waals surface area contributed by atoms with Crippen molar-refractivity contribution in [2.24, 2.45) is 0 Å². The van der Waals surface area contributed by atoms with Crippen molar-refractivity contribution in [2.75, 3.05) is 20.3 Å². The second-order valence-corrected chi connectivity index (χ2v) is 4.60. The third-order valence-electron chi connectivity index (χ3n) is 3.05. The Hall–Kier alpha value is -1.83. The number of hydrogen-bond acceptors (Lipinski definition) is 5. The molecule has 0 spiro atoms. The van der Waals surface area contributed by atoms with Crippen molar-refractivity contribution in [3.8, 4) is 0 Å². The van der Waals surface area contributed by atoms with Crippen LogP contribution in [0.25, 0.3) is 0 Å². The topological polar surface area (TPSA) is 116 Å². The molecule has 0 bridgehead atoms. The molecule has 3 N–H and O–H groups in total. The van der Waals surface area contributed by atoms with E-state index in [1.165, 1.54) is 12.0 Å². The minimum Gasteiger partial charge on any atom is -0.480 e. The molecule has 0 saturated heterocycles. The van der Waals surface area contributed by atoms with Crippen molar-refractivity contribution in [1.29, 1.82) is 0 Å². The molecule has 8 heteroatoms. The summed E-state index contributed by atoms with van der Waals surface area (Å²) in [5, 5.41) is 20.3. The zero-order chi connectivity index (χ0) is 15.1. The Bertz CT molecular complexity index is 369. The van der Waals surface area contributed by atoms with Crippen molar-refractivity contribution in [3.63, 3.8) is 0 Å². The molecule has 0 radical (unpaired) electrons. The van der Waals surface area contributed by atoms with E-state index in [9.17, 15) is 14.4 Å². The number of urea groups is 1. The van der Waals surface area contributed by atoms with E-state index in [1.54, 1.807) is 0 Å². The van der Waals surface area contributed by atoms with Gasteiger partial charge in [-0.25, -0.2) is 9.59 Å². The number of aliphatic carboxylic acids is 1. The van der Waals surface area contributed by atoms with Gasteiger partial charge in [0.15, 0.2) is 0 Å². The Morgan fingerprint density at radius 3 is 2.50 bits per heavy atom. The number of esters is 1. The maximum absolute atomic E-state index is 12.0. The summed E-state index contributed by atoms with van der Waals surface area (Å²) in [5.74, 6) is -1.73. The molecule has 1 atom stereocenters. The molecule has 1 saturated carbocycles. The van der Waals surface area contributed by atoms with Crippen molar-refractivity contribution in [2.45, 2.75) is 37.8 Å². The summed E-state index contributed by atoms with van der Waals surface area (Å²) < 4.78 is 4.43. The lowest BCUT2D eigenvalue weighted by atomic mass is 10.1. The van der Waals surface area contributed by atoms with Gasteiger partial charge in [-0.1, -0.05) is 0 Å². The Morgan fingerprint density at radius 1 is 1.40 bits per heavy atom. The molecule has 0 aromatic rings. The fourth-order valence-corrected chi connectivity index (χ4v) is 1.80. The molecule has 1 rings (SSSR count). The largest absolute Gasteiger partial charge is 0.480 e. The average molecular weight is 288 g/mol. The predicted octanol–water partition coefficient (Wildman–Crippen LogP) is -0.441. The number of carbonyl (C=O) groups excluding carboxylic acids is 2. The Labute approximate surface area is 116 Å². The third-order valence-corrected chi connectivity index (χ3v) is 3.05. The van der Waals surface area contributed by atoms with E-state index >= 15 is 0 Å². The molecular formula is C12H20N2O6. The van der Waals surface area contributed by atoms with Crippen LogP contribution in [-0.2, 0) is 14.3 Å². The van der Waals surface area contributed by atoms with Gasteiger partial charge in [-0.15, -0.1) is 0 Å². The van der Waals surface area contributed by atoms with Crippen LogP contribution in [-0.4, -0.2) is 65.4 Å². The molecule has 0 aliphatic heterocycles. The quantitative estimate of drug-likeness (QED) is 0.521. The first-order valence-electron chi connectivity index (χ1n) is 6.47. The fourth-order valence-electron chi connectivity index (χ4n) is 1.80. The number of aliphatic hydroxyl groups is 1. The number of rotatable bonds is 8. The van der Waals surface area contributed by atoms with Gasteiger partial charge in [0, 0.05) is 19.0 Å². The molecule has 1 aliphatic rings. The molecule has 0 heterocycles. The number of methoxy groups -OCH3 is 1. The van der Waals surface area contributed by atoms with Crippen LogP contribution >= 0.6 is 0 Å². The van der Waals surface area contributed by atoms with Crippen LogP contribution in [0.2, 0.25) is 0 Å². The molecule has 20 heavy (non-hydrogen) atoms. The zero-order valence-corrected chi connectivity index (χ0v) is 11.4. The number of hydrogen-bond donors (Lipinski definition) is 3. The molecule has 1 aliphatic carbocycles. The number of aliphatic hydroxyl groups excluding tert-OH is 1. The lowest BCUT2D eigenvalue weighted by molar-refractivity contribution is -0.142. The lowest BCUT2D eigenvalue weighted by Gasteiger charge is -2.24. The second kappa shape index (κ2) is 7.68. The zero-order valence-electron chi connectivity index (χ0n) is 11.4. The fraction of sp³-hybridized carbons (Fsp3) is 0.750. The molecular weight excluding hydrogens is 268 g/mol. The maximum atomic E-state index is 12.0. The summed E-state index contributed by atoms with van der Waals surface area (Å²) in [6.45, 7) is -0.0103. The number of nitrogens with zero attached hydrogens (tertiary/aromatic N) is 1. The molecule has 2 amide bonds. The Kier molecular flexibility index (Phi) is 6.23. The number of carboxylic acids is 1. The van der Waals surface area contributed by atoms with Crippen LogP contribution in [0.15, 0.2) is 0 Å². The first-order valence-corrected chi connectivity index (χ1v) is 6.47. The normalized spacial score (nSPS) is 15.3. The first kappa shape index (κ1) is 16.2. The maximum Gasteiger partial charge on any atom is 0.326 e. The van der Waals surface area contributed by atoms with E-state index < -0.39 is 24.0 Å². The van der Waals surface area contributed by atoms with E-state index in [4.69, 9.17) is 10.2 Å². The molecule has 1 fully saturated rings. The minimum atomic E-state index is -1.21. The number of ether oxygens (including phenoxy) is 1. The van der Waals surface area contributed by atoms with Crippen LogP contribution in [0.3, 0.4) is 0 Å². The van der Waals surface area contributed by atoms with Crippen molar-refractivity contribution in [1.82, 2.24) is 10.2 Å². The van der Waals surface area contributed by atoms with Gasteiger partial charge in [-0.2, -0.15) is 0 Å². The highest BCUT2D eigenvalue weighted by molar-refractivity contribution is 5.83. The Balaban J connectivity index is 2.52.